The zero-order valence-electron chi connectivity index (χ0n) is 13.5. The average Bonchev–Trinajstić information content (AvgIpc) is 3.19. The molecule has 22 heavy (non-hydrogen) atoms. The summed E-state index contributed by atoms with van der Waals surface area (Å²) in [6.45, 7) is 2.86. The lowest BCUT2D eigenvalue weighted by atomic mass is 9.77. The maximum absolute atomic E-state index is 11.5. The van der Waals surface area contributed by atoms with E-state index in [1.165, 1.54) is 49.2 Å². The summed E-state index contributed by atoms with van der Waals surface area (Å²) >= 11 is 0. The van der Waals surface area contributed by atoms with Crippen molar-refractivity contribution in [2.45, 2.75) is 51.9 Å². The fourth-order valence-corrected chi connectivity index (χ4v) is 4.62. The largest absolute Gasteiger partial charge is 0.275 e. The van der Waals surface area contributed by atoms with E-state index >= 15 is 0 Å². The van der Waals surface area contributed by atoms with Crippen LogP contribution in [0.3, 0.4) is 0 Å². The van der Waals surface area contributed by atoms with E-state index in [0.29, 0.717) is 6.54 Å². The number of carbonyl (C=O) groups is 2. The van der Waals surface area contributed by atoms with Crippen molar-refractivity contribution in [3.05, 3.63) is 24.3 Å². The van der Waals surface area contributed by atoms with Gasteiger partial charge in [-0.3, -0.25) is 14.5 Å². The molecule has 0 spiro atoms. The van der Waals surface area contributed by atoms with E-state index in [0.717, 1.165) is 36.5 Å². The molecule has 4 atom stereocenters. The van der Waals surface area contributed by atoms with Crippen LogP contribution in [0, 0.1) is 23.7 Å². The van der Waals surface area contributed by atoms with Crippen LogP contribution in [0.4, 0.5) is 0 Å². The zero-order chi connectivity index (χ0) is 15.5. The first-order chi connectivity index (χ1) is 10.7. The van der Waals surface area contributed by atoms with Gasteiger partial charge in [0.05, 0.1) is 0 Å². The number of imide groups is 1. The van der Waals surface area contributed by atoms with E-state index in [1.54, 1.807) is 0 Å². The van der Waals surface area contributed by atoms with Gasteiger partial charge in [-0.15, -0.1) is 0 Å². The summed E-state index contributed by atoms with van der Waals surface area (Å²) in [7, 11) is 0. The molecule has 3 nitrogen and oxygen atoms in total. The van der Waals surface area contributed by atoms with Crippen LogP contribution in [-0.2, 0) is 9.59 Å². The van der Waals surface area contributed by atoms with Crippen LogP contribution in [0.2, 0.25) is 0 Å². The highest BCUT2D eigenvalue weighted by Crippen LogP contribution is 2.51. The highest BCUT2D eigenvalue weighted by atomic mass is 16.2. The van der Waals surface area contributed by atoms with E-state index < -0.39 is 0 Å². The van der Waals surface area contributed by atoms with Crippen LogP contribution in [0.5, 0.6) is 0 Å². The van der Waals surface area contributed by atoms with Crippen LogP contribution in [0.15, 0.2) is 24.3 Å². The number of allylic oxidation sites excluding steroid dienone is 2. The van der Waals surface area contributed by atoms with Crippen LogP contribution < -0.4 is 0 Å². The Bertz CT molecular complexity index is 476. The Morgan fingerprint density at radius 3 is 2.14 bits per heavy atom. The fourth-order valence-electron chi connectivity index (χ4n) is 4.62. The molecule has 1 aliphatic heterocycles. The number of amides is 2. The molecular weight excluding hydrogens is 274 g/mol. The molecule has 0 aromatic heterocycles. The van der Waals surface area contributed by atoms with Gasteiger partial charge >= 0.3 is 0 Å². The first kappa shape index (κ1) is 15.5. The van der Waals surface area contributed by atoms with Gasteiger partial charge in [0, 0.05) is 18.7 Å². The molecular formula is C19H27NO2. The Kier molecular flexibility index (Phi) is 4.80. The van der Waals surface area contributed by atoms with E-state index in [4.69, 9.17) is 0 Å². The lowest BCUT2D eigenvalue weighted by Gasteiger charge is -2.28. The summed E-state index contributed by atoms with van der Waals surface area (Å²) in [5.74, 6) is 3.05. The van der Waals surface area contributed by atoms with Crippen LogP contribution in [-0.4, -0.2) is 23.3 Å². The fraction of sp³-hybridized carbons (Fsp3) is 0.684. The first-order valence-corrected chi connectivity index (χ1v) is 8.92. The summed E-state index contributed by atoms with van der Waals surface area (Å²) in [5, 5.41) is 0. The number of unbranched alkanes of at least 4 members (excludes halogenated alkanes) is 2. The molecule has 1 heterocycles. The number of carbonyl (C=O) groups excluding carboxylic acids is 2. The van der Waals surface area contributed by atoms with Gasteiger partial charge in [0.2, 0.25) is 0 Å². The smallest absolute Gasteiger partial charge is 0.253 e. The monoisotopic (exact) mass is 301 g/mol. The minimum absolute atomic E-state index is 0.145. The van der Waals surface area contributed by atoms with Crippen molar-refractivity contribution in [2.24, 2.45) is 23.7 Å². The Morgan fingerprint density at radius 1 is 0.955 bits per heavy atom. The number of nitrogens with zero attached hydrogens (tertiary/aromatic N) is 1. The van der Waals surface area contributed by atoms with Crippen molar-refractivity contribution in [1.82, 2.24) is 4.90 Å². The second-order valence-corrected chi connectivity index (χ2v) is 7.08. The Balaban J connectivity index is 1.44. The SMILES string of the molecule is CCCCC1C2C=CC(C2)C1CCCCN1C(=O)C=CC1=O. The number of fused-ring (bicyclic) bond motifs is 2. The average molecular weight is 301 g/mol. The minimum atomic E-state index is -0.145. The third-order valence-electron chi connectivity index (χ3n) is 5.76. The van der Waals surface area contributed by atoms with Gasteiger partial charge in [0.1, 0.15) is 0 Å². The van der Waals surface area contributed by atoms with Crippen molar-refractivity contribution in [3.63, 3.8) is 0 Å². The summed E-state index contributed by atoms with van der Waals surface area (Å²) in [5.41, 5.74) is 0. The van der Waals surface area contributed by atoms with E-state index in [9.17, 15) is 9.59 Å². The molecule has 3 rings (SSSR count). The number of hydrogen-bond acceptors (Lipinski definition) is 2. The van der Waals surface area contributed by atoms with Crippen molar-refractivity contribution >= 4 is 11.8 Å². The number of hydrogen-bond donors (Lipinski definition) is 0. The Hall–Kier alpha value is -1.38. The Morgan fingerprint density at radius 2 is 1.55 bits per heavy atom. The van der Waals surface area contributed by atoms with Gasteiger partial charge in [-0.05, 0) is 49.4 Å². The van der Waals surface area contributed by atoms with Crippen LogP contribution in [0.25, 0.3) is 0 Å². The molecule has 0 saturated heterocycles. The van der Waals surface area contributed by atoms with Crippen molar-refractivity contribution in [2.75, 3.05) is 6.54 Å². The highest BCUT2D eigenvalue weighted by Gasteiger charge is 2.43. The van der Waals surface area contributed by atoms with E-state index in [1.807, 2.05) is 0 Å². The summed E-state index contributed by atoms with van der Waals surface area (Å²) < 4.78 is 0. The minimum Gasteiger partial charge on any atom is -0.275 e. The van der Waals surface area contributed by atoms with Crippen molar-refractivity contribution < 1.29 is 9.59 Å². The van der Waals surface area contributed by atoms with Crippen molar-refractivity contribution in [1.29, 1.82) is 0 Å². The predicted molar refractivity (Wildman–Crippen MR) is 87.0 cm³/mol. The number of rotatable bonds is 8. The molecule has 3 aliphatic rings. The van der Waals surface area contributed by atoms with Crippen LogP contribution >= 0.6 is 0 Å². The summed E-state index contributed by atoms with van der Waals surface area (Å²) in [6.07, 6.45) is 16.3. The maximum atomic E-state index is 11.5. The molecule has 2 aliphatic carbocycles. The predicted octanol–water partition coefficient (Wildman–Crippen LogP) is 3.71. The third kappa shape index (κ3) is 3.04. The lowest BCUT2D eigenvalue weighted by Crippen LogP contribution is -2.31. The van der Waals surface area contributed by atoms with E-state index in [-0.39, 0.29) is 11.8 Å². The maximum Gasteiger partial charge on any atom is 0.253 e. The van der Waals surface area contributed by atoms with Gasteiger partial charge in [-0.25, -0.2) is 0 Å². The normalized spacial score (nSPS) is 32.7. The molecule has 1 fully saturated rings. The molecule has 4 unspecified atom stereocenters. The Labute approximate surface area is 133 Å². The summed E-state index contributed by atoms with van der Waals surface area (Å²) in [4.78, 5) is 24.4. The molecule has 0 radical (unpaired) electrons. The van der Waals surface area contributed by atoms with Gasteiger partial charge in [0.15, 0.2) is 0 Å². The highest BCUT2D eigenvalue weighted by molar-refractivity contribution is 6.12. The summed E-state index contributed by atoms with van der Waals surface area (Å²) in [6, 6.07) is 0. The molecule has 0 aromatic carbocycles. The zero-order valence-corrected chi connectivity index (χ0v) is 13.5. The van der Waals surface area contributed by atoms with Gasteiger partial charge in [-0.1, -0.05) is 38.3 Å². The van der Waals surface area contributed by atoms with Gasteiger partial charge in [-0.2, -0.15) is 0 Å². The first-order valence-electron chi connectivity index (χ1n) is 8.92. The third-order valence-corrected chi connectivity index (χ3v) is 5.76. The molecule has 2 amide bonds. The quantitative estimate of drug-likeness (QED) is 0.389. The second-order valence-electron chi connectivity index (χ2n) is 7.08. The van der Waals surface area contributed by atoms with Gasteiger partial charge < -0.3 is 0 Å². The second kappa shape index (κ2) is 6.80. The molecule has 1 saturated carbocycles. The van der Waals surface area contributed by atoms with Crippen molar-refractivity contribution in [3.8, 4) is 0 Å². The molecule has 2 bridgehead atoms. The molecule has 0 N–H and O–H groups in total. The lowest BCUT2D eigenvalue weighted by molar-refractivity contribution is -0.136. The molecule has 0 aromatic rings. The van der Waals surface area contributed by atoms with E-state index in [2.05, 4.69) is 19.1 Å². The van der Waals surface area contributed by atoms with Crippen LogP contribution in [0.1, 0.15) is 51.9 Å². The molecule has 3 heteroatoms. The topological polar surface area (TPSA) is 37.4 Å². The van der Waals surface area contributed by atoms with Gasteiger partial charge in [0.25, 0.3) is 11.8 Å². The standard InChI is InChI=1S/C19H27NO2/c1-2-3-6-16-14-8-9-15(13-14)17(16)7-4-5-12-20-18(21)10-11-19(20)22/h8-11,14-17H,2-7,12-13H2,1H3. The molecule has 120 valence electrons.